The Morgan fingerprint density at radius 3 is 1.77 bits per heavy atom. The topological polar surface area (TPSA) is 140 Å². The fraction of sp³-hybridized carbons (Fsp3) is 0.425. The molecule has 0 spiro atoms. The van der Waals surface area contributed by atoms with Gasteiger partial charge in [-0.25, -0.2) is 36.7 Å². The average molecular weight is 753 g/mol. The highest BCUT2D eigenvalue weighted by molar-refractivity contribution is 7.88. The van der Waals surface area contributed by atoms with Crippen molar-refractivity contribution in [2.75, 3.05) is 42.7 Å². The molecule has 0 aliphatic heterocycles. The lowest BCUT2D eigenvalue weighted by atomic mass is 9.84. The summed E-state index contributed by atoms with van der Waals surface area (Å²) in [5.41, 5.74) is 8.28. The van der Waals surface area contributed by atoms with Crippen LogP contribution in [0.15, 0.2) is 85.2 Å². The summed E-state index contributed by atoms with van der Waals surface area (Å²) in [6, 6.07) is 20.4. The number of hydrogen-bond acceptors (Lipinski definition) is 8. The number of carbonyl (C=O) groups excluding carboxylic acids is 1. The fourth-order valence-electron chi connectivity index (χ4n) is 5.21. The van der Waals surface area contributed by atoms with Crippen molar-refractivity contribution < 1.29 is 26.7 Å². The van der Waals surface area contributed by atoms with Gasteiger partial charge in [-0.2, -0.15) is 0 Å². The molecule has 10 nitrogen and oxygen atoms in total. The number of nitrogens with zero attached hydrogens (tertiary/aromatic N) is 3. The maximum atomic E-state index is 13.3. The molecule has 0 atom stereocenters. The SMILES string of the molecule is CC(C)(C)OC(=O)N(CC(C)(C)c1ccc(F)cc1)c1ccc(CCN)cn1.CC(C)(CNc1ccc(CCNS(C)(=O)=O)cn1)c1ccc(F)cc1. The van der Waals surface area contributed by atoms with E-state index >= 15 is 0 Å². The monoisotopic (exact) mass is 752 g/mol. The van der Waals surface area contributed by atoms with Crippen LogP contribution in [0.2, 0.25) is 0 Å². The summed E-state index contributed by atoms with van der Waals surface area (Å²) in [5, 5.41) is 3.29. The van der Waals surface area contributed by atoms with Crippen LogP contribution in [0.3, 0.4) is 0 Å². The predicted molar refractivity (Wildman–Crippen MR) is 209 cm³/mol. The number of sulfonamides is 1. The van der Waals surface area contributed by atoms with Gasteiger partial charge in [-0.3, -0.25) is 4.90 Å². The third kappa shape index (κ3) is 14.8. The standard InChI is InChI=1S/C22H30FN3O2.C18H24FN3O2S/c1-21(2,3)28-20(27)26(19-11-6-16(12-13-24)14-25-19)15-22(4,5)17-7-9-18(23)10-8-17;1-18(2,15-5-7-16(19)8-6-15)13-21-17-9-4-14(12-20-17)10-11-22-25(3,23)24/h6-11,14H,12-13,15,24H2,1-5H3;4-9,12,22H,10-11,13H2,1-3H3,(H,20,21). The van der Waals surface area contributed by atoms with E-state index in [1.165, 1.54) is 29.2 Å². The number of nitrogens with two attached hydrogens (primary N) is 1. The van der Waals surface area contributed by atoms with E-state index in [0.29, 0.717) is 38.4 Å². The van der Waals surface area contributed by atoms with Gasteiger partial charge in [0.1, 0.15) is 28.9 Å². The van der Waals surface area contributed by atoms with Crippen molar-refractivity contribution in [3.05, 3.63) is 119 Å². The number of anilines is 2. The van der Waals surface area contributed by atoms with E-state index in [9.17, 15) is 22.0 Å². The van der Waals surface area contributed by atoms with Gasteiger partial charge < -0.3 is 15.8 Å². The number of halogens is 2. The molecule has 2 heterocycles. The Labute approximate surface area is 313 Å². The Hall–Kier alpha value is -4.46. The largest absolute Gasteiger partial charge is 0.443 e. The molecular weight excluding hydrogens is 699 g/mol. The van der Waals surface area contributed by atoms with E-state index in [4.69, 9.17) is 10.5 Å². The molecule has 1 amide bonds. The lowest BCUT2D eigenvalue weighted by Gasteiger charge is -2.34. The third-order valence-corrected chi connectivity index (χ3v) is 8.98. The summed E-state index contributed by atoms with van der Waals surface area (Å²) in [7, 11) is -3.16. The van der Waals surface area contributed by atoms with E-state index in [1.807, 2.05) is 52.8 Å². The number of ether oxygens (including phenoxy) is 1. The molecule has 2 aromatic carbocycles. The van der Waals surface area contributed by atoms with Crippen molar-refractivity contribution >= 4 is 27.8 Å². The smallest absolute Gasteiger partial charge is 0.416 e. The van der Waals surface area contributed by atoms with Gasteiger partial charge in [0.05, 0.1) is 6.26 Å². The summed E-state index contributed by atoms with van der Waals surface area (Å²) in [6.07, 6.45) is 5.44. The van der Waals surface area contributed by atoms with Crippen LogP contribution < -0.4 is 20.7 Å². The minimum absolute atomic E-state index is 0.173. The molecule has 0 saturated heterocycles. The first-order valence-corrected chi connectivity index (χ1v) is 19.4. The minimum atomic E-state index is -3.16. The third-order valence-electron chi connectivity index (χ3n) is 8.25. The van der Waals surface area contributed by atoms with E-state index in [1.54, 1.807) is 42.7 Å². The highest BCUT2D eigenvalue weighted by Gasteiger charge is 2.31. The summed E-state index contributed by atoms with van der Waals surface area (Å²) >= 11 is 0. The molecule has 0 saturated carbocycles. The molecule has 0 aliphatic carbocycles. The minimum Gasteiger partial charge on any atom is -0.443 e. The number of aromatic nitrogens is 2. The first-order chi connectivity index (χ1) is 24.7. The van der Waals surface area contributed by atoms with Crippen LogP contribution in [0.1, 0.15) is 70.7 Å². The second kappa shape index (κ2) is 18.5. The maximum Gasteiger partial charge on any atom is 0.416 e. The van der Waals surface area contributed by atoms with Crippen molar-refractivity contribution in [1.29, 1.82) is 0 Å². The first-order valence-electron chi connectivity index (χ1n) is 17.5. The number of carbonyl (C=O) groups is 1. The lowest BCUT2D eigenvalue weighted by molar-refractivity contribution is 0.0572. The normalized spacial score (nSPS) is 12.1. The van der Waals surface area contributed by atoms with Crippen molar-refractivity contribution in [2.45, 2.75) is 77.7 Å². The van der Waals surface area contributed by atoms with Crippen LogP contribution in [0.25, 0.3) is 0 Å². The highest BCUT2D eigenvalue weighted by atomic mass is 32.2. The molecule has 0 radical (unpaired) electrons. The van der Waals surface area contributed by atoms with Crippen LogP contribution in [0.5, 0.6) is 0 Å². The number of amides is 1. The summed E-state index contributed by atoms with van der Waals surface area (Å²) in [5.74, 6) is 0.719. The molecule has 0 unspecified atom stereocenters. The Morgan fingerprint density at radius 2 is 1.30 bits per heavy atom. The van der Waals surface area contributed by atoms with E-state index < -0.39 is 27.1 Å². The van der Waals surface area contributed by atoms with Gasteiger partial charge in [0.15, 0.2) is 0 Å². The zero-order chi connectivity index (χ0) is 39.5. The zero-order valence-electron chi connectivity index (χ0n) is 32.0. The van der Waals surface area contributed by atoms with Crippen LogP contribution in [-0.2, 0) is 38.4 Å². The van der Waals surface area contributed by atoms with Crippen molar-refractivity contribution in [2.24, 2.45) is 5.73 Å². The van der Waals surface area contributed by atoms with E-state index in [2.05, 4.69) is 33.9 Å². The second-order valence-electron chi connectivity index (χ2n) is 15.2. The van der Waals surface area contributed by atoms with Gasteiger partial charge in [0.25, 0.3) is 0 Å². The summed E-state index contributed by atoms with van der Waals surface area (Å²) in [6.45, 7) is 15.5. The first kappa shape index (κ1) is 42.9. The average Bonchev–Trinajstić information content (AvgIpc) is 3.07. The molecule has 4 aromatic rings. The maximum absolute atomic E-state index is 13.3. The highest BCUT2D eigenvalue weighted by Crippen LogP contribution is 2.28. The van der Waals surface area contributed by atoms with Crippen LogP contribution >= 0.6 is 0 Å². The molecule has 4 N–H and O–H groups in total. The quantitative estimate of drug-likeness (QED) is 0.124. The summed E-state index contributed by atoms with van der Waals surface area (Å²) in [4.78, 5) is 23.3. The fourth-order valence-corrected chi connectivity index (χ4v) is 5.68. The number of pyridine rings is 2. The van der Waals surface area contributed by atoms with Gasteiger partial charge in [-0.05, 0) is 98.8 Å². The number of benzene rings is 2. The number of rotatable bonds is 14. The molecule has 0 bridgehead atoms. The Kier molecular flexibility index (Phi) is 15.0. The Balaban J connectivity index is 0.000000287. The molecule has 53 heavy (non-hydrogen) atoms. The van der Waals surface area contributed by atoms with E-state index in [0.717, 1.165) is 40.7 Å². The molecule has 2 aromatic heterocycles. The van der Waals surface area contributed by atoms with Gasteiger partial charge in [0.2, 0.25) is 10.0 Å². The molecular formula is C40H54F2N6O4S. The molecule has 13 heteroatoms. The molecule has 0 fully saturated rings. The number of hydrogen-bond donors (Lipinski definition) is 3. The number of nitrogens with one attached hydrogen (secondary N) is 2. The van der Waals surface area contributed by atoms with Gasteiger partial charge in [-0.15, -0.1) is 0 Å². The van der Waals surface area contributed by atoms with Gasteiger partial charge >= 0.3 is 6.09 Å². The van der Waals surface area contributed by atoms with Crippen molar-refractivity contribution in [3.63, 3.8) is 0 Å². The van der Waals surface area contributed by atoms with Crippen LogP contribution in [0, 0.1) is 11.6 Å². The van der Waals surface area contributed by atoms with Crippen LogP contribution in [-0.4, -0.2) is 62.5 Å². The summed E-state index contributed by atoms with van der Waals surface area (Å²) < 4.78 is 56.5. The van der Waals surface area contributed by atoms with Crippen LogP contribution in [0.4, 0.5) is 25.2 Å². The molecule has 288 valence electrons. The Bertz CT molecular complexity index is 1850. The molecule has 4 rings (SSSR count). The van der Waals surface area contributed by atoms with Gasteiger partial charge in [-0.1, -0.05) is 64.1 Å². The van der Waals surface area contributed by atoms with E-state index in [-0.39, 0.29) is 17.0 Å². The predicted octanol–water partition coefficient (Wildman–Crippen LogP) is 7.14. The van der Waals surface area contributed by atoms with Gasteiger partial charge in [0, 0.05) is 42.9 Å². The second-order valence-corrected chi connectivity index (χ2v) is 17.1. The van der Waals surface area contributed by atoms with Crippen molar-refractivity contribution in [1.82, 2.24) is 14.7 Å². The van der Waals surface area contributed by atoms with Crippen molar-refractivity contribution in [3.8, 4) is 0 Å². The Morgan fingerprint density at radius 1 is 0.774 bits per heavy atom. The lowest BCUT2D eigenvalue weighted by Crippen LogP contribution is -2.44. The molecule has 0 aliphatic rings. The zero-order valence-corrected chi connectivity index (χ0v) is 32.9.